The van der Waals surface area contributed by atoms with Crippen LogP contribution in [0.25, 0.3) is 0 Å². The maximum Gasteiger partial charge on any atom is 0.239 e. The Kier molecular flexibility index (Phi) is 6.69. The molecular weight excluding hydrogens is 434 g/mol. The molecule has 0 spiro atoms. The molecule has 0 aromatic heterocycles. The predicted molar refractivity (Wildman–Crippen MR) is 116 cm³/mol. The second-order valence-electron chi connectivity index (χ2n) is 7.34. The van der Waals surface area contributed by atoms with Crippen LogP contribution in [0.3, 0.4) is 0 Å². The van der Waals surface area contributed by atoms with Crippen LogP contribution in [-0.2, 0) is 20.9 Å². The number of nitrogens with one attached hydrogen (secondary N) is 2. The van der Waals surface area contributed by atoms with Crippen molar-refractivity contribution >= 4 is 45.0 Å². The van der Waals surface area contributed by atoms with Crippen molar-refractivity contribution in [3.05, 3.63) is 58.6 Å². The Balaban J connectivity index is 1.55. The molecule has 2 aromatic rings. The Hall–Kier alpha value is -2.67. The summed E-state index contributed by atoms with van der Waals surface area (Å²) in [6, 6.07) is 14.8. The van der Waals surface area contributed by atoms with Gasteiger partial charge < -0.3 is 15.5 Å². The molecule has 2 N–H and O–H groups in total. The van der Waals surface area contributed by atoms with Crippen LogP contribution in [-0.4, -0.2) is 24.3 Å². The van der Waals surface area contributed by atoms with E-state index in [2.05, 4.69) is 26.6 Å². The van der Waals surface area contributed by atoms with Gasteiger partial charge in [0.2, 0.25) is 17.7 Å². The smallest absolute Gasteiger partial charge is 0.239 e. The van der Waals surface area contributed by atoms with Crippen LogP contribution < -0.4 is 15.5 Å². The lowest BCUT2D eigenvalue weighted by molar-refractivity contribution is -0.132. The van der Waals surface area contributed by atoms with Crippen LogP contribution in [0.4, 0.5) is 11.4 Å². The van der Waals surface area contributed by atoms with E-state index >= 15 is 0 Å². The van der Waals surface area contributed by atoms with Gasteiger partial charge in [0, 0.05) is 29.2 Å². The molecule has 1 aliphatic heterocycles. The number of para-hydroxylation sites is 1. The molecule has 29 heavy (non-hydrogen) atoms. The third kappa shape index (κ3) is 5.03. The summed E-state index contributed by atoms with van der Waals surface area (Å²) in [4.78, 5) is 38.7. The Morgan fingerprint density at radius 1 is 1.14 bits per heavy atom. The molecule has 1 unspecified atom stereocenters. The lowest BCUT2D eigenvalue weighted by Crippen LogP contribution is -2.36. The third-order valence-electron chi connectivity index (χ3n) is 4.88. The monoisotopic (exact) mass is 457 g/mol. The SMILES string of the molecule is CC(C)C(=O)Nc1ccc(CNC(=O)C2CCN(c3ccccc3Br)C2=O)cc1. The average Bonchev–Trinajstić information content (AvgIpc) is 3.08. The van der Waals surface area contributed by atoms with Gasteiger partial charge in [-0.1, -0.05) is 38.1 Å². The number of hydrogen-bond donors (Lipinski definition) is 2. The van der Waals surface area contributed by atoms with E-state index in [-0.39, 0.29) is 23.6 Å². The summed E-state index contributed by atoms with van der Waals surface area (Å²) >= 11 is 3.46. The van der Waals surface area contributed by atoms with Gasteiger partial charge in [-0.15, -0.1) is 0 Å². The van der Waals surface area contributed by atoms with Crippen molar-refractivity contribution in [1.29, 1.82) is 0 Å². The zero-order valence-electron chi connectivity index (χ0n) is 16.4. The van der Waals surface area contributed by atoms with Crippen molar-refractivity contribution in [2.45, 2.75) is 26.8 Å². The minimum absolute atomic E-state index is 0.0413. The zero-order valence-corrected chi connectivity index (χ0v) is 18.0. The standard InChI is InChI=1S/C22H24BrN3O3/c1-14(2)20(27)25-16-9-7-15(8-10-16)13-24-21(28)17-11-12-26(22(17)29)19-6-4-3-5-18(19)23/h3-10,14,17H,11-13H2,1-2H3,(H,24,28)(H,25,27). The topological polar surface area (TPSA) is 78.5 Å². The van der Waals surface area contributed by atoms with Gasteiger partial charge in [-0.05, 0) is 52.2 Å². The van der Waals surface area contributed by atoms with Crippen LogP contribution in [0, 0.1) is 11.8 Å². The first-order chi connectivity index (χ1) is 13.9. The Morgan fingerprint density at radius 2 is 1.83 bits per heavy atom. The van der Waals surface area contributed by atoms with E-state index < -0.39 is 5.92 Å². The maximum absolute atomic E-state index is 12.7. The highest BCUT2D eigenvalue weighted by atomic mass is 79.9. The molecule has 1 saturated heterocycles. The normalized spacial score (nSPS) is 16.2. The van der Waals surface area contributed by atoms with Gasteiger partial charge in [-0.2, -0.15) is 0 Å². The van der Waals surface area contributed by atoms with E-state index in [1.165, 1.54) is 0 Å². The van der Waals surface area contributed by atoms with Crippen molar-refractivity contribution in [2.24, 2.45) is 11.8 Å². The lowest BCUT2D eigenvalue weighted by Gasteiger charge is -2.18. The third-order valence-corrected chi connectivity index (χ3v) is 5.55. The minimum atomic E-state index is -0.674. The Bertz CT molecular complexity index is 912. The highest BCUT2D eigenvalue weighted by Crippen LogP contribution is 2.31. The zero-order chi connectivity index (χ0) is 21.0. The second kappa shape index (κ2) is 9.22. The molecule has 1 heterocycles. The van der Waals surface area contributed by atoms with Crippen molar-refractivity contribution in [1.82, 2.24) is 5.32 Å². The fraction of sp³-hybridized carbons (Fsp3) is 0.318. The molecule has 2 aromatic carbocycles. The predicted octanol–water partition coefficient (Wildman–Crippen LogP) is 3.71. The number of rotatable bonds is 6. The molecule has 1 aliphatic rings. The summed E-state index contributed by atoms with van der Waals surface area (Å²) in [6.07, 6.45) is 0.492. The van der Waals surface area contributed by atoms with E-state index in [1.807, 2.05) is 50.2 Å². The molecule has 3 amide bonds. The summed E-state index contributed by atoms with van der Waals surface area (Å²) in [5, 5.41) is 5.68. The Labute approximate surface area is 178 Å². The van der Waals surface area contributed by atoms with Crippen LogP contribution in [0.15, 0.2) is 53.0 Å². The van der Waals surface area contributed by atoms with Crippen molar-refractivity contribution in [2.75, 3.05) is 16.8 Å². The van der Waals surface area contributed by atoms with Crippen LogP contribution in [0.5, 0.6) is 0 Å². The molecule has 0 saturated carbocycles. The van der Waals surface area contributed by atoms with Crippen molar-refractivity contribution < 1.29 is 14.4 Å². The molecule has 152 valence electrons. The maximum atomic E-state index is 12.7. The molecule has 0 bridgehead atoms. The van der Waals surface area contributed by atoms with Gasteiger partial charge >= 0.3 is 0 Å². The first-order valence-corrected chi connectivity index (χ1v) is 10.4. The molecule has 6 nitrogen and oxygen atoms in total. The van der Waals surface area contributed by atoms with E-state index in [0.29, 0.717) is 25.2 Å². The van der Waals surface area contributed by atoms with Crippen LogP contribution >= 0.6 is 15.9 Å². The summed E-state index contributed by atoms with van der Waals surface area (Å²) in [6.45, 7) is 4.52. The molecule has 0 radical (unpaired) electrons. The molecule has 0 aliphatic carbocycles. The largest absolute Gasteiger partial charge is 0.351 e. The van der Waals surface area contributed by atoms with Crippen molar-refractivity contribution in [3.8, 4) is 0 Å². The van der Waals surface area contributed by atoms with Crippen molar-refractivity contribution in [3.63, 3.8) is 0 Å². The van der Waals surface area contributed by atoms with Gasteiger partial charge in [-0.25, -0.2) is 0 Å². The van der Waals surface area contributed by atoms with E-state index in [1.54, 1.807) is 17.0 Å². The van der Waals surface area contributed by atoms with Crippen LogP contribution in [0.1, 0.15) is 25.8 Å². The fourth-order valence-corrected chi connectivity index (χ4v) is 3.64. The van der Waals surface area contributed by atoms with Crippen LogP contribution in [0.2, 0.25) is 0 Å². The summed E-state index contributed by atoms with van der Waals surface area (Å²) in [7, 11) is 0. The van der Waals surface area contributed by atoms with E-state index in [4.69, 9.17) is 0 Å². The number of benzene rings is 2. The minimum Gasteiger partial charge on any atom is -0.351 e. The average molecular weight is 458 g/mol. The molecule has 3 rings (SSSR count). The number of amides is 3. The lowest BCUT2D eigenvalue weighted by atomic mass is 10.1. The van der Waals surface area contributed by atoms with E-state index in [0.717, 1.165) is 15.7 Å². The molecular formula is C22H24BrN3O3. The number of anilines is 2. The van der Waals surface area contributed by atoms with Gasteiger partial charge in [0.05, 0.1) is 5.69 Å². The number of carbonyl (C=O) groups is 3. The highest BCUT2D eigenvalue weighted by molar-refractivity contribution is 9.10. The number of halogens is 1. The van der Waals surface area contributed by atoms with E-state index in [9.17, 15) is 14.4 Å². The van der Waals surface area contributed by atoms with Gasteiger partial charge in [-0.3, -0.25) is 14.4 Å². The first-order valence-electron chi connectivity index (χ1n) is 9.60. The highest BCUT2D eigenvalue weighted by Gasteiger charge is 2.37. The quantitative estimate of drug-likeness (QED) is 0.648. The number of hydrogen-bond acceptors (Lipinski definition) is 3. The molecule has 7 heteroatoms. The fourth-order valence-electron chi connectivity index (χ4n) is 3.14. The van der Waals surface area contributed by atoms with Gasteiger partial charge in [0.25, 0.3) is 0 Å². The second-order valence-corrected chi connectivity index (χ2v) is 8.20. The van der Waals surface area contributed by atoms with Gasteiger partial charge in [0.1, 0.15) is 5.92 Å². The Morgan fingerprint density at radius 3 is 2.48 bits per heavy atom. The van der Waals surface area contributed by atoms with Gasteiger partial charge in [0.15, 0.2) is 0 Å². The first kappa shape index (κ1) is 21.0. The summed E-state index contributed by atoms with van der Waals surface area (Å²) < 4.78 is 0.832. The molecule has 1 fully saturated rings. The summed E-state index contributed by atoms with van der Waals surface area (Å²) in [5.74, 6) is -1.25. The number of carbonyl (C=O) groups excluding carboxylic acids is 3. The molecule has 1 atom stereocenters. The number of nitrogens with zero attached hydrogens (tertiary/aromatic N) is 1. The summed E-state index contributed by atoms with van der Waals surface area (Å²) in [5.41, 5.74) is 2.40.